The number of aromatic nitrogens is 2. The predicted molar refractivity (Wildman–Crippen MR) is 107 cm³/mol. The number of carbonyl (C=O) groups excluding carboxylic acids is 1. The van der Waals surface area contributed by atoms with Crippen LogP contribution in [0.5, 0.6) is 6.01 Å². The third-order valence-electron chi connectivity index (χ3n) is 6.07. The summed E-state index contributed by atoms with van der Waals surface area (Å²) in [6, 6.07) is 0.660. The van der Waals surface area contributed by atoms with E-state index < -0.39 is 0 Å². The van der Waals surface area contributed by atoms with E-state index in [4.69, 9.17) is 16.3 Å². The molecule has 1 N–H and O–H groups in total. The molecule has 0 radical (unpaired) electrons. The number of hydrogen-bond acceptors (Lipinski definition) is 4. The molecule has 2 aliphatic rings. The van der Waals surface area contributed by atoms with Gasteiger partial charge < -0.3 is 10.1 Å². The van der Waals surface area contributed by atoms with Crippen LogP contribution in [0.4, 0.5) is 0 Å². The lowest BCUT2D eigenvalue weighted by Crippen LogP contribution is -2.43. The monoisotopic (exact) mass is 393 g/mol. The summed E-state index contributed by atoms with van der Waals surface area (Å²) in [4.78, 5) is 20.8. The van der Waals surface area contributed by atoms with Gasteiger partial charge in [0.15, 0.2) is 0 Å². The fourth-order valence-corrected chi connectivity index (χ4v) is 4.46. The molecule has 0 spiro atoms. The second-order valence-corrected chi connectivity index (χ2v) is 8.58. The molecular formula is C21H32ClN3O2. The number of amides is 1. The average Bonchev–Trinajstić information content (AvgIpc) is 2.70. The minimum atomic E-state index is 0.119. The first-order chi connectivity index (χ1) is 13.1. The summed E-state index contributed by atoms with van der Waals surface area (Å²) in [7, 11) is 0. The van der Waals surface area contributed by atoms with Crippen molar-refractivity contribution in [1.82, 2.24) is 15.3 Å². The molecule has 2 fully saturated rings. The summed E-state index contributed by atoms with van der Waals surface area (Å²) in [5.74, 6) is 1.34. The highest BCUT2D eigenvalue weighted by atomic mass is 35.5. The van der Waals surface area contributed by atoms with Crippen molar-refractivity contribution in [3.05, 3.63) is 17.4 Å². The van der Waals surface area contributed by atoms with Crippen LogP contribution in [0.2, 0.25) is 5.02 Å². The van der Waals surface area contributed by atoms with Gasteiger partial charge in [-0.25, -0.2) is 9.97 Å². The van der Waals surface area contributed by atoms with Crippen molar-refractivity contribution >= 4 is 17.5 Å². The number of rotatable bonds is 7. The van der Waals surface area contributed by atoms with E-state index in [0.717, 1.165) is 44.4 Å². The van der Waals surface area contributed by atoms with Crippen LogP contribution in [0.3, 0.4) is 0 Å². The van der Waals surface area contributed by atoms with Crippen molar-refractivity contribution in [2.24, 2.45) is 11.8 Å². The molecule has 150 valence electrons. The van der Waals surface area contributed by atoms with Gasteiger partial charge in [-0.2, -0.15) is 0 Å². The number of halogens is 1. The maximum Gasteiger partial charge on any atom is 0.316 e. The Labute approximate surface area is 167 Å². The van der Waals surface area contributed by atoms with E-state index in [-0.39, 0.29) is 24.0 Å². The van der Waals surface area contributed by atoms with Crippen molar-refractivity contribution in [2.45, 2.75) is 89.7 Å². The second kappa shape index (κ2) is 10.3. The quantitative estimate of drug-likeness (QED) is 0.713. The summed E-state index contributed by atoms with van der Waals surface area (Å²) in [6.45, 7) is 2.25. The van der Waals surface area contributed by atoms with Gasteiger partial charge in [-0.15, -0.1) is 0 Å². The first-order valence-corrected chi connectivity index (χ1v) is 11.0. The van der Waals surface area contributed by atoms with Gasteiger partial charge in [-0.3, -0.25) is 4.79 Å². The zero-order chi connectivity index (χ0) is 19.1. The summed E-state index contributed by atoms with van der Waals surface area (Å²) < 4.78 is 5.83. The summed E-state index contributed by atoms with van der Waals surface area (Å²) in [5.41, 5.74) is 0. The normalized spacial score (nSPS) is 28.5. The maximum absolute atomic E-state index is 12.6. The number of unbranched alkanes of at least 4 members (excludes halogenated alkanes) is 1. The highest BCUT2D eigenvalue weighted by Crippen LogP contribution is 2.32. The van der Waals surface area contributed by atoms with Gasteiger partial charge in [0, 0.05) is 12.0 Å². The SMILES string of the molecule is CCCCC1CCC(C(=O)NC2CCC(Oc3ncc(Cl)cn3)CC2)CC1. The Morgan fingerprint density at radius 1 is 1.11 bits per heavy atom. The molecule has 0 bridgehead atoms. The molecule has 0 saturated heterocycles. The number of nitrogens with one attached hydrogen (secondary N) is 1. The molecule has 2 aliphatic carbocycles. The highest BCUT2D eigenvalue weighted by Gasteiger charge is 2.29. The number of hydrogen-bond donors (Lipinski definition) is 1. The molecule has 1 aromatic heterocycles. The third kappa shape index (κ3) is 6.34. The molecule has 0 atom stereocenters. The predicted octanol–water partition coefficient (Wildman–Crippen LogP) is 4.93. The molecule has 1 amide bonds. The van der Waals surface area contributed by atoms with Crippen LogP contribution >= 0.6 is 11.6 Å². The van der Waals surface area contributed by atoms with Crippen LogP contribution in [-0.4, -0.2) is 28.0 Å². The molecule has 6 heteroatoms. The first-order valence-electron chi connectivity index (χ1n) is 10.6. The lowest BCUT2D eigenvalue weighted by Gasteiger charge is -2.32. The van der Waals surface area contributed by atoms with E-state index in [9.17, 15) is 4.79 Å². The summed E-state index contributed by atoms with van der Waals surface area (Å²) in [5, 5.41) is 3.80. The lowest BCUT2D eigenvalue weighted by molar-refractivity contribution is -0.127. The van der Waals surface area contributed by atoms with Crippen LogP contribution in [-0.2, 0) is 4.79 Å². The van der Waals surface area contributed by atoms with E-state index >= 15 is 0 Å². The summed E-state index contributed by atoms with van der Waals surface area (Å²) >= 11 is 5.80. The Bertz CT molecular complexity index is 580. The first kappa shape index (κ1) is 20.4. The second-order valence-electron chi connectivity index (χ2n) is 8.14. The van der Waals surface area contributed by atoms with E-state index in [1.807, 2.05) is 0 Å². The van der Waals surface area contributed by atoms with Crippen molar-refractivity contribution < 1.29 is 9.53 Å². The van der Waals surface area contributed by atoms with E-state index in [1.54, 1.807) is 12.4 Å². The van der Waals surface area contributed by atoms with Crippen molar-refractivity contribution in [2.75, 3.05) is 0 Å². The third-order valence-corrected chi connectivity index (χ3v) is 6.27. The van der Waals surface area contributed by atoms with Gasteiger partial charge in [-0.05, 0) is 57.3 Å². The van der Waals surface area contributed by atoms with Gasteiger partial charge in [0.25, 0.3) is 0 Å². The van der Waals surface area contributed by atoms with Crippen molar-refractivity contribution in [3.63, 3.8) is 0 Å². The van der Waals surface area contributed by atoms with Crippen molar-refractivity contribution in [3.8, 4) is 6.01 Å². The highest BCUT2D eigenvalue weighted by molar-refractivity contribution is 6.30. The van der Waals surface area contributed by atoms with Crippen LogP contribution < -0.4 is 10.1 Å². The Morgan fingerprint density at radius 3 is 2.41 bits per heavy atom. The molecule has 1 aromatic rings. The fraction of sp³-hybridized carbons (Fsp3) is 0.762. The van der Waals surface area contributed by atoms with Crippen LogP contribution in [0.15, 0.2) is 12.4 Å². The Hall–Kier alpha value is -1.36. The topological polar surface area (TPSA) is 64.1 Å². The molecule has 0 aromatic carbocycles. The van der Waals surface area contributed by atoms with E-state index in [1.165, 1.54) is 32.1 Å². The lowest BCUT2D eigenvalue weighted by atomic mass is 9.79. The van der Waals surface area contributed by atoms with Crippen LogP contribution in [0.1, 0.15) is 77.6 Å². The van der Waals surface area contributed by atoms with Crippen molar-refractivity contribution in [1.29, 1.82) is 0 Å². The van der Waals surface area contributed by atoms with Gasteiger partial charge in [0.2, 0.25) is 5.91 Å². The Balaban J connectivity index is 1.35. The van der Waals surface area contributed by atoms with Gasteiger partial charge in [0.05, 0.1) is 17.4 Å². The largest absolute Gasteiger partial charge is 0.460 e. The molecule has 0 aliphatic heterocycles. The molecule has 0 unspecified atom stereocenters. The zero-order valence-electron chi connectivity index (χ0n) is 16.3. The minimum absolute atomic E-state index is 0.119. The molecule has 3 rings (SSSR count). The molecular weight excluding hydrogens is 362 g/mol. The standard InChI is InChI=1S/C21H32ClN3O2/c1-2-3-4-15-5-7-16(8-6-15)20(26)25-18-9-11-19(12-10-18)27-21-23-13-17(22)14-24-21/h13-16,18-19H,2-12H2,1H3,(H,25,26). The Morgan fingerprint density at radius 2 is 1.78 bits per heavy atom. The number of nitrogens with zero attached hydrogens (tertiary/aromatic N) is 2. The fourth-order valence-electron chi connectivity index (χ4n) is 4.36. The van der Waals surface area contributed by atoms with E-state index in [2.05, 4.69) is 22.2 Å². The molecule has 5 nitrogen and oxygen atoms in total. The zero-order valence-corrected chi connectivity index (χ0v) is 17.1. The molecule has 27 heavy (non-hydrogen) atoms. The number of ether oxygens (including phenoxy) is 1. The Kier molecular flexibility index (Phi) is 7.74. The van der Waals surface area contributed by atoms with Gasteiger partial charge >= 0.3 is 6.01 Å². The maximum atomic E-state index is 12.6. The van der Waals surface area contributed by atoms with E-state index in [0.29, 0.717) is 11.0 Å². The van der Waals surface area contributed by atoms with Crippen LogP contribution in [0, 0.1) is 11.8 Å². The minimum Gasteiger partial charge on any atom is -0.460 e. The molecule has 2 saturated carbocycles. The number of carbonyl (C=O) groups is 1. The average molecular weight is 394 g/mol. The van der Waals surface area contributed by atoms with Gasteiger partial charge in [0.1, 0.15) is 6.10 Å². The van der Waals surface area contributed by atoms with Crippen LogP contribution in [0.25, 0.3) is 0 Å². The summed E-state index contributed by atoms with van der Waals surface area (Å²) in [6.07, 6.45) is 15.5. The molecule has 1 heterocycles. The van der Waals surface area contributed by atoms with Gasteiger partial charge in [-0.1, -0.05) is 37.8 Å². The smallest absolute Gasteiger partial charge is 0.316 e.